The van der Waals surface area contributed by atoms with Crippen LogP contribution in [-0.4, -0.2) is 23.5 Å². The SMILES string of the molecule is COCCn1cc2cc(Cl)ccc2n1. The predicted molar refractivity (Wildman–Crippen MR) is 56.6 cm³/mol. The summed E-state index contributed by atoms with van der Waals surface area (Å²) in [4.78, 5) is 0. The van der Waals surface area contributed by atoms with Crippen molar-refractivity contribution in [3.63, 3.8) is 0 Å². The number of nitrogens with zero attached hydrogens (tertiary/aromatic N) is 2. The summed E-state index contributed by atoms with van der Waals surface area (Å²) in [7, 11) is 1.68. The van der Waals surface area contributed by atoms with E-state index >= 15 is 0 Å². The van der Waals surface area contributed by atoms with Gasteiger partial charge in [0.25, 0.3) is 0 Å². The number of halogens is 1. The lowest BCUT2D eigenvalue weighted by Crippen LogP contribution is -2.03. The fourth-order valence-corrected chi connectivity index (χ4v) is 1.53. The Hall–Kier alpha value is -1.06. The van der Waals surface area contributed by atoms with E-state index in [1.54, 1.807) is 7.11 Å². The zero-order chi connectivity index (χ0) is 9.97. The van der Waals surface area contributed by atoms with E-state index in [2.05, 4.69) is 5.10 Å². The Balaban J connectivity index is 2.32. The minimum Gasteiger partial charge on any atom is -0.383 e. The molecule has 3 nitrogen and oxygen atoms in total. The van der Waals surface area contributed by atoms with Gasteiger partial charge in [-0.15, -0.1) is 0 Å². The van der Waals surface area contributed by atoms with Gasteiger partial charge in [0.15, 0.2) is 0 Å². The minimum absolute atomic E-state index is 0.668. The number of aromatic nitrogens is 2. The van der Waals surface area contributed by atoms with Gasteiger partial charge < -0.3 is 4.74 Å². The van der Waals surface area contributed by atoms with Crippen molar-refractivity contribution in [2.45, 2.75) is 6.54 Å². The monoisotopic (exact) mass is 210 g/mol. The van der Waals surface area contributed by atoms with Crippen LogP contribution in [0.3, 0.4) is 0 Å². The molecule has 1 aromatic heterocycles. The van der Waals surface area contributed by atoms with Crippen LogP contribution in [0.5, 0.6) is 0 Å². The molecule has 0 radical (unpaired) electrons. The van der Waals surface area contributed by atoms with Gasteiger partial charge in [0.1, 0.15) is 0 Å². The van der Waals surface area contributed by atoms with Crippen LogP contribution in [0.1, 0.15) is 0 Å². The molecule has 0 bridgehead atoms. The van der Waals surface area contributed by atoms with Crippen LogP contribution in [-0.2, 0) is 11.3 Å². The van der Waals surface area contributed by atoms with Crippen LogP contribution in [0.2, 0.25) is 5.02 Å². The van der Waals surface area contributed by atoms with Crippen molar-refractivity contribution in [2.24, 2.45) is 0 Å². The largest absolute Gasteiger partial charge is 0.383 e. The second kappa shape index (κ2) is 3.98. The van der Waals surface area contributed by atoms with Gasteiger partial charge in [0.05, 0.1) is 18.7 Å². The average Bonchev–Trinajstić information content (AvgIpc) is 2.56. The molecule has 2 rings (SSSR count). The summed E-state index contributed by atoms with van der Waals surface area (Å²) in [6.45, 7) is 1.44. The van der Waals surface area contributed by atoms with Crippen molar-refractivity contribution in [3.05, 3.63) is 29.4 Å². The number of fused-ring (bicyclic) bond motifs is 1. The van der Waals surface area contributed by atoms with Gasteiger partial charge in [-0.25, -0.2) is 0 Å². The minimum atomic E-state index is 0.668. The second-order valence-electron chi connectivity index (χ2n) is 3.09. The molecule has 1 aromatic carbocycles. The van der Waals surface area contributed by atoms with Crippen LogP contribution in [0, 0.1) is 0 Å². The highest BCUT2D eigenvalue weighted by Crippen LogP contribution is 2.17. The van der Waals surface area contributed by atoms with E-state index in [1.165, 1.54) is 0 Å². The van der Waals surface area contributed by atoms with E-state index in [0.29, 0.717) is 6.61 Å². The summed E-state index contributed by atoms with van der Waals surface area (Å²) < 4.78 is 6.84. The quantitative estimate of drug-likeness (QED) is 0.778. The van der Waals surface area contributed by atoms with Crippen molar-refractivity contribution in [1.29, 1.82) is 0 Å². The van der Waals surface area contributed by atoms with E-state index in [4.69, 9.17) is 16.3 Å². The van der Waals surface area contributed by atoms with Crippen LogP contribution in [0.15, 0.2) is 24.4 Å². The molecule has 0 spiro atoms. The zero-order valence-corrected chi connectivity index (χ0v) is 8.66. The Morgan fingerprint density at radius 3 is 3.14 bits per heavy atom. The lowest BCUT2D eigenvalue weighted by molar-refractivity contribution is 0.184. The highest BCUT2D eigenvalue weighted by Gasteiger charge is 2.00. The van der Waals surface area contributed by atoms with Crippen LogP contribution >= 0.6 is 11.6 Å². The van der Waals surface area contributed by atoms with Crippen LogP contribution < -0.4 is 0 Å². The molecule has 0 fully saturated rings. The molecule has 0 aliphatic carbocycles. The molecule has 0 amide bonds. The molecular formula is C10H11ClN2O. The molecule has 4 heteroatoms. The lowest BCUT2D eigenvalue weighted by Gasteiger charge is -1.97. The highest BCUT2D eigenvalue weighted by atomic mass is 35.5. The summed E-state index contributed by atoms with van der Waals surface area (Å²) in [6, 6.07) is 5.67. The second-order valence-corrected chi connectivity index (χ2v) is 3.52. The molecule has 74 valence electrons. The van der Waals surface area contributed by atoms with Gasteiger partial charge in [-0.2, -0.15) is 5.10 Å². The number of benzene rings is 1. The van der Waals surface area contributed by atoms with Gasteiger partial charge in [-0.1, -0.05) is 11.6 Å². The lowest BCUT2D eigenvalue weighted by atomic mass is 10.3. The number of ether oxygens (including phenoxy) is 1. The van der Waals surface area contributed by atoms with Crippen molar-refractivity contribution in [3.8, 4) is 0 Å². The predicted octanol–water partition coefficient (Wildman–Crippen LogP) is 2.34. The molecule has 0 N–H and O–H groups in total. The van der Waals surface area contributed by atoms with E-state index < -0.39 is 0 Å². The average molecular weight is 211 g/mol. The molecule has 0 saturated carbocycles. The van der Waals surface area contributed by atoms with Gasteiger partial charge in [0.2, 0.25) is 0 Å². The third-order valence-corrected chi connectivity index (χ3v) is 2.27. The van der Waals surface area contributed by atoms with Crippen molar-refractivity contribution >= 4 is 22.5 Å². The summed E-state index contributed by atoms with van der Waals surface area (Å²) in [5, 5.41) is 6.17. The van der Waals surface area contributed by atoms with Crippen LogP contribution in [0.25, 0.3) is 10.9 Å². The number of methoxy groups -OCH3 is 1. The first-order chi connectivity index (χ1) is 6.79. The molecular weight excluding hydrogens is 200 g/mol. The van der Waals surface area contributed by atoms with E-state index in [-0.39, 0.29) is 0 Å². The third kappa shape index (κ3) is 1.89. The van der Waals surface area contributed by atoms with E-state index in [0.717, 1.165) is 22.5 Å². The fourth-order valence-electron chi connectivity index (χ4n) is 1.35. The maximum Gasteiger partial charge on any atom is 0.0924 e. The van der Waals surface area contributed by atoms with E-state index in [9.17, 15) is 0 Å². The smallest absolute Gasteiger partial charge is 0.0924 e. The van der Waals surface area contributed by atoms with Gasteiger partial charge in [0, 0.05) is 23.7 Å². The topological polar surface area (TPSA) is 27.1 Å². The Morgan fingerprint density at radius 1 is 1.50 bits per heavy atom. The summed E-state index contributed by atoms with van der Waals surface area (Å²) in [5.74, 6) is 0. The number of hydrogen-bond donors (Lipinski definition) is 0. The number of rotatable bonds is 3. The first-order valence-corrected chi connectivity index (χ1v) is 4.79. The molecule has 0 aliphatic rings. The fraction of sp³-hybridized carbons (Fsp3) is 0.300. The molecule has 0 aliphatic heterocycles. The van der Waals surface area contributed by atoms with Gasteiger partial charge in [-0.3, -0.25) is 4.68 Å². The summed E-state index contributed by atoms with van der Waals surface area (Å²) in [6.07, 6.45) is 1.97. The van der Waals surface area contributed by atoms with Crippen molar-refractivity contribution in [2.75, 3.05) is 13.7 Å². The summed E-state index contributed by atoms with van der Waals surface area (Å²) >= 11 is 5.87. The Labute approximate surface area is 87.2 Å². The van der Waals surface area contributed by atoms with Crippen LogP contribution in [0.4, 0.5) is 0 Å². The molecule has 0 saturated heterocycles. The van der Waals surface area contributed by atoms with Gasteiger partial charge in [-0.05, 0) is 18.2 Å². The standard InChI is InChI=1S/C10H11ClN2O/c1-14-5-4-13-7-8-6-9(11)2-3-10(8)12-13/h2-3,6-7H,4-5H2,1H3. The molecule has 1 heterocycles. The first kappa shape index (κ1) is 9.49. The highest BCUT2D eigenvalue weighted by molar-refractivity contribution is 6.31. The first-order valence-electron chi connectivity index (χ1n) is 4.41. The maximum atomic E-state index is 5.87. The molecule has 0 unspecified atom stereocenters. The normalized spacial score (nSPS) is 11.0. The third-order valence-electron chi connectivity index (χ3n) is 2.04. The summed E-state index contributed by atoms with van der Waals surface area (Å²) in [5.41, 5.74) is 0.963. The molecule has 2 aromatic rings. The Morgan fingerprint density at radius 2 is 2.36 bits per heavy atom. The van der Waals surface area contributed by atoms with Crippen molar-refractivity contribution in [1.82, 2.24) is 9.78 Å². The Bertz CT molecular complexity index is 439. The Kier molecular flexibility index (Phi) is 2.70. The van der Waals surface area contributed by atoms with E-state index in [1.807, 2.05) is 29.1 Å². The number of hydrogen-bond acceptors (Lipinski definition) is 2. The van der Waals surface area contributed by atoms with Crippen molar-refractivity contribution < 1.29 is 4.74 Å². The van der Waals surface area contributed by atoms with Gasteiger partial charge >= 0.3 is 0 Å². The molecule has 0 atom stereocenters. The molecule has 14 heavy (non-hydrogen) atoms. The zero-order valence-electron chi connectivity index (χ0n) is 7.90. The maximum absolute atomic E-state index is 5.87.